The molecule has 21 heavy (non-hydrogen) atoms. The summed E-state index contributed by atoms with van der Waals surface area (Å²) in [6, 6.07) is 16.6. The molecule has 0 aliphatic heterocycles. The fourth-order valence-corrected chi connectivity index (χ4v) is 2.42. The minimum absolute atomic E-state index is 0.801. The summed E-state index contributed by atoms with van der Waals surface area (Å²) >= 11 is 0. The Morgan fingerprint density at radius 2 is 1.76 bits per heavy atom. The van der Waals surface area contributed by atoms with Gasteiger partial charge >= 0.3 is 0 Å². The maximum atomic E-state index is 4.06. The molecule has 4 heteroatoms. The average molecular weight is 278 g/mol. The summed E-state index contributed by atoms with van der Waals surface area (Å²) in [7, 11) is 0. The smallest absolute Gasteiger partial charge is 0.0894 e. The third kappa shape index (κ3) is 2.94. The van der Waals surface area contributed by atoms with Gasteiger partial charge in [-0.1, -0.05) is 48.5 Å². The monoisotopic (exact) mass is 278 g/mol. The predicted molar refractivity (Wildman–Crippen MR) is 84.5 cm³/mol. The van der Waals surface area contributed by atoms with Crippen molar-refractivity contribution in [3.63, 3.8) is 0 Å². The Morgan fingerprint density at radius 3 is 2.52 bits per heavy atom. The maximum Gasteiger partial charge on any atom is 0.0894 e. The number of aromatic nitrogens is 3. The van der Waals surface area contributed by atoms with Crippen molar-refractivity contribution in [2.45, 2.75) is 19.9 Å². The number of hydrogen-bond donors (Lipinski definition) is 1. The molecule has 0 atom stereocenters. The summed E-state index contributed by atoms with van der Waals surface area (Å²) in [5.74, 6) is 0. The molecule has 4 nitrogen and oxygen atoms in total. The Hall–Kier alpha value is -2.62. The van der Waals surface area contributed by atoms with Crippen LogP contribution in [-0.4, -0.2) is 15.0 Å². The number of aryl methyl sites for hydroxylation is 1. The molecule has 0 radical (unpaired) electrons. The highest BCUT2D eigenvalue weighted by molar-refractivity contribution is 5.60. The molecule has 1 heterocycles. The molecule has 0 aliphatic rings. The molecular formula is C17H18N4. The van der Waals surface area contributed by atoms with Gasteiger partial charge in [-0.3, -0.25) is 0 Å². The average Bonchev–Trinajstić information content (AvgIpc) is 3.08. The summed E-state index contributed by atoms with van der Waals surface area (Å²) in [6.45, 7) is 2.98. The number of hydrogen-bond acceptors (Lipinski definition) is 3. The maximum absolute atomic E-state index is 4.06. The van der Waals surface area contributed by atoms with Gasteiger partial charge in [-0.2, -0.15) is 0 Å². The van der Waals surface area contributed by atoms with Gasteiger partial charge in [-0.25, -0.2) is 4.68 Å². The molecule has 0 saturated carbocycles. The van der Waals surface area contributed by atoms with Crippen molar-refractivity contribution in [1.82, 2.24) is 15.0 Å². The second-order valence-corrected chi connectivity index (χ2v) is 4.84. The zero-order valence-corrected chi connectivity index (χ0v) is 12.0. The number of para-hydroxylation sites is 2. The Labute approximate surface area is 124 Å². The van der Waals surface area contributed by atoms with E-state index < -0.39 is 0 Å². The molecule has 0 bridgehead atoms. The van der Waals surface area contributed by atoms with Gasteiger partial charge in [0.1, 0.15) is 0 Å². The molecule has 3 aromatic rings. The van der Waals surface area contributed by atoms with Gasteiger partial charge in [0.25, 0.3) is 0 Å². The largest absolute Gasteiger partial charge is 0.379 e. The number of benzene rings is 2. The van der Waals surface area contributed by atoms with Crippen LogP contribution in [0.3, 0.4) is 0 Å². The molecule has 2 aromatic carbocycles. The van der Waals surface area contributed by atoms with Gasteiger partial charge in [-0.05, 0) is 29.7 Å². The van der Waals surface area contributed by atoms with E-state index in [1.165, 1.54) is 11.1 Å². The first-order valence-corrected chi connectivity index (χ1v) is 7.15. The molecule has 1 aromatic heterocycles. The van der Waals surface area contributed by atoms with Crippen molar-refractivity contribution in [1.29, 1.82) is 0 Å². The Kier molecular flexibility index (Phi) is 3.96. The third-order valence-corrected chi connectivity index (χ3v) is 3.54. The van der Waals surface area contributed by atoms with Crippen LogP contribution in [0.5, 0.6) is 0 Å². The van der Waals surface area contributed by atoms with Gasteiger partial charge in [0.05, 0.1) is 23.8 Å². The van der Waals surface area contributed by atoms with Gasteiger partial charge in [0, 0.05) is 6.54 Å². The first-order chi connectivity index (χ1) is 10.4. The van der Waals surface area contributed by atoms with Crippen LogP contribution in [0.15, 0.2) is 60.9 Å². The van der Waals surface area contributed by atoms with Crippen molar-refractivity contribution in [2.24, 2.45) is 0 Å². The summed E-state index contributed by atoms with van der Waals surface area (Å²) in [4.78, 5) is 0. The van der Waals surface area contributed by atoms with Gasteiger partial charge < -0.3 is 5.32 Å². The van der Waals surface area contributed by atoms with Crippen molar-refractivity contribution >= 4 is 5.69 Å². The van der Waals surface area contributed by atoms with Crippen molar-refractivity contribution in [2.75, 3.05) is 5.32 Å². The van der Waals surface area contributed by atoms with E-state index in [9.17, 15) is 0 Å². The Balaban J connectivity index is 1.83. The lowest BCUT2D eigenvalue weighted by Crippen LogP contribution is -2.06. The molecule has 1 N–H and O–H groups in total. The standard InChI is InChI=1S/C17H18N4/c1-2-14-7-3-4-8-15(14)13-18-16-9-5-6-10-17(16)21-12-11-19-20-21/h3-12,18H,2,13H2,1H3. The fourth-order valence-electron chi connectivity index (χ4n) is 2.42. The Morgan fingerprint density at radius 1 is 1.00 bits per heavy atom. The van der Waals surface area contributed by atoms with Crippen LogP contribution in [0.1, 0.15) is 18.1 Å². The SMILES string of the molecule is CCc1ccccc1CNc1ccccc1-n1ccnn1. The molecule has 0 unspecified atom stereocenters. The fraction of sp³-hybridized carbons (Fsp3) is 0.176. The molecule has 0 saturated heterocycles. The third-order valence-electron chi connectivity index (χ3n) is 3.54. The number of anilines is 1. The first-order valence-electron chi connectivity index (χ1n) is 7.15. The highest BCUT2D eigenvalue weighted by Crippen LogP contribution is 2.20. The zero-order valence-electron chi connectivity index (χ0n) is 12.0. The second kappa shape index (κ2) is 6.22. The van der Waals surface area contributed by atoms with Crippen LogP contribution >= 0.6 is 0 Å². The molecule has 0 spiro atoms. The molecule has 0 amide bonds. The van der Waals surface area contributed by atoms with Gasteiger partial charge in [0.2, 0.25) is 0 Å². The van der Waals surface area contributed by atoms with Crippen LogP contribution in [-0.2, 0) is 13.0 Å². The van der Waals surface area contributed by atoms with Crippen molar-refractivity contribution < 1.29 is 0 Å². The van der Waals surface area contributed by atoms with Crippen LogP contribution in [0.4, 0.5) is 5.69 Å². The summed E-state index contributed by atoms with van der Waals surface area (Å²) in [6.07, 6.45) is 4.58. The molecule has 106 valence electrons. The van der Waals surface area contributed by atoms with Crippen molar-refractivity contribution in [3.05, 3.63) is 72.1 Å². The second-order valence-electron chi connectivity index (χ2n) is 4.84. The van der Waals surface area contributed by atoms with Crippen LogP contribution in [0.2, 0.25) is 0 Å². The lowest BCUT2D eigenvalue weighted by molar-refractivity contribution is 0.803. The predicted octanol–water partition coefficient (Wildman–Crippen LogP) is 3.44. The van der Waals surface area contributed by atoms with Crippen LogP contribution in [0.25, 0.3) is 5.69 Å². The highest BCUT2D eigenvalue weighted by Gasteiger charge is 2.05. The normalized spacial score (nSPS) is 10.5. The lowest BCUT2D eigenvalue weighted by Gasteiger charge is -2.13. The number of nitrogens with one attached hydrogen (secondary N) is 1. The molecule has 0 aliphatic carbocycles. The van der Waals surface area contributed by atoms with Gasteiger partial charge in [0.15, 0.2) is 0 Å². The van der Waals surface area contributed by atoms with E-state index in [4.69, 9.17) is 0 Å². The number of nitrogens with zero attached hydrogens (tertiary/aromatic N) is 3. The Bertz CT molecular complexity index is 704. The topological polar surface area (TPSA) is 42.7 Å². The van der Waals surface area contributed by atoms with E-state index in [2.05, 4.69) is 52.9 Å². The highest BCUT2D eigenvalue weighted by atomic mass is 15.4. The quantitative estimate of drug-likeness (QED) is 0.777. The van der Waals surface area contributed by atoms with E-state index in [0.29, 0.717) is 0 Å². The zero-order chi connectivity index (χ0) is 14.5. The van der Waals surface area contributed by atoms with E-state index in [0.717, 1.165) is 24.3 Å². The van der Waals surface area contributed by atoms with Crippen LogP contribution < -0.4 is 5.32 Å². The summed E-state index contributed by atoms with van der Waals surface area (Å²) in [5.41, 5.74) is 4.76. The van der Waals surface area contributed by atoms with E-state index >= 15 is 0 Å². The first kappa shape index (κ1) is 13.4. The van der Waals surface area contributed by atoms with Gasteiger partial charge in [-0.15, -0.1) is 5.10 Å². The number of rotatable bonds is 5. The van der Waals surface area contributed by atoms with E-state index in [-0.39, 0.29) is 0 Å². The summed E-state index contributed by atoms with van der Waals surface area (Å²) < 4.78 is 1.77. The van der Waals surface area contributed by atoms with Crippen molar-refractivity contribution in [3.8, 4) is 5.69 Å². The van der Waals surface area contributed by atoms with E-state index in [1.54, 1.807) is 10.9 Å². The van der Waals surface area contributed by atoms with E-state index in [1.807, 2.05) is 24.4 Å². The lowest BCUT2D eigenvalue weighted by atomic mass is 10.1. The molecular weight excluding hydrogens is 260 g/mol. The minimum atomic E-state index is 0.801. The molecule has 3 rings (SSSR count). The molecule has 0 fully saturated rings. The minimum Gasteiger partial charge on any atom is -0.379 e. The summed E-state index contributed by atoms with van der Waals surface area (Å²) in [5, 5.41) is 11.4. The van der Waals surface area contributed by atoms with Crippen LogP contribution in [0, 0.1) is 0 Å².